The second-order valence-electron chi connectivity index (χ2n) is 15.9. The van der Waals surface area contributed by atoms with Gasteiger partial charge in [0, 0.05) is 19.3 Å². The fourth-order valence-corrected chi connectivity index (χ4v) is 6.03. The summed E-state index contributed by atoms with van der Waals surface area (Å²) in [6, 6.07) is -0.744. The first-order chi connectivity index (χ1) is 28.1. The quantitative estimate of drug-likeness (QED) is 0.0264. The number of esters is 2. The number of likely N-dealkylation sites (N-methyl/N-ethyl adjacent to an activating group) is 1. The van der Waals surface area contributed by atoms with E-state index >= 15 is 0 Å². The van der Waals surface area contributed by atoms with E-state index in [1.165, 1.54) is 51.4 Å². The van der Waals surface area contributed by atoms with E-state index in [9.17, 15) is 19.5 Å². The minimum Gasteiger partial charge on any atom is -0.544 e. The van der Waals surface area contributed by atoms with Crippen LogP contribution in [0.3, 0.4) is 0 Å². The van der Waals surface area contributed by atoms with E-state index in [0.29, 0.717) is 12.8 Å². The van der Waals surface area contributed by atoms with E-state index in [1.807, 2.05) is 12.2 Å². The van der Waals surface area contributed by atoms with Crippen LogP contribution < -0.4 is 5.11 Å². The molecular formula is C50H83NO7. The molecule has 0 aliphatic carbocycles. The molecule has 0 aliphatic rings. The van der Waals surface area contributed by atoms with Crippen molar-refractivity contribution in [3.05, 3.63) is 85.1 Å². The Labute approximate surface area is 354 Å². The van der Waals surface area contributed by atoms with Crippen molar-refractivity contribution in [3.63, 3.8) is 0 Å². The average Bonchev–Trinajstić information content (AvgIpc) is 3.18. The molecule has 58 heavy (non-hydrogen) atoms. The molecule has 0 fully saturated rings. The minimum absolute atomic E-state index is 0.00322. The average molecular weight is 810 g/mol. The molecule has 0 saturated heterocycles. The molecule has 0 amide bonds. The highest BCUT2D eigenvalue weighted by molar-refractivity contribution is 5.70. The van der Waals surface area contributed by atoms with Crippen molar-refractivity contribution in [1.82, 2.24) is 0 Å². The van der Waals surface area contributed by atoms with E-state index < -0.39 is 24.1 Å². The fourth-order valence-electron chi connectivity index (χ4n) is 6.03. The van der Waals surface area contributed by atoms with Crippen LogP contribution in [0, 0.1) is 0 Å². The summed E-state index contributed by atoms with van der Waals surface area (Å²) in [6.07, 6.45) is 51.9. The summed E-state index contributed by atoms with van der Waals surface area (Å²) in [4.78, 5) is 36.8. The van der Waals surface area contributed by atoms with Crippen molar-refractivity contribution < 1.29 is 38.2 Å². The Balaban J connectivity index is 4.49. The third-order valence-electron chi connectivity index (χ3n) is 9.53. The number of carbonyl (C=O) groups is 3. The van der Waals surface area contributed by atoms with Gasteiger partial charge in [0.25, 0.3) is 0 Å². The summed E-state index contributed by atoms with van der Waals surface area (Å²) in [5.74, 6) is -1.86. The third kappa shape index (κ3) is 38.1. The molecule has 0 bridgehead atoms. The molecular weight excluding hydrogens is 727 g/mol. The SMILES string of the molecule is CC/C=C\C/C=C\C/C=C\C/C=C\C/C=C\C/C=C\CCC(=O)OC(COCCC(C(=O)[O-])[N+](C)(C)C)COC(=O)CCCCCCC/C=C\CCCCCCCC. The van der Waals surface area contributed by atoms with Crippen molar-refractivity contribution in [2.75, 3.05) is 41.0 Å². The second-order valence-corrected chi connectivity index (χ2v) is 15.9. The third-order valence-corrected chi connectivity index (χ3v) is 9.53. The fraction of sp³-hybridized carbons (Fsp3) is 0.660. The molecule has 0 aliphatic heterocycles. The molecule has 0 saturated carbocycles. The van der Waals surface area contributed by atoms with E-state index in [-0.39, 0.29) is 43.1 Å². The minimum atomic E-state index is -1.14. The number of quaternary nitrogens is 1. The van der Waals surface area contributed by atoms with Gasteiger partial charge in [0.15, 0.2) is 6.10 Å². The van der Waals surface area contributed by atoms with Crippen LogP contribution in [0.25, 0.3) is 0 Å². The lowest BCUT2D eigenvalue weighted by molar-refractivity contribution is -0.889. The maximum absolute atomic E-state index is 12.7. The van der Waals surface area contributed by atoms with E-state index in [1.54, 1.807) is 21.1 Å². The predicted molar refractivity (Wildman–Crippen MR) is 240 cm³/mol. The van der Waals surface area contributed by atoms with Crippen LogP contribution in [-0.2, 0) is 28.6 Å². The number of rotatable bonds is 39. The smallest absolute Gasteiger partial charge is 0.306 e. The Morgan fingerprint density at radius 3 is 1.50 bits per heavy atom. The van der Waals surface area contributed by atoms with Crippen LogP contribution in [0.5, 0.6) is 0 Å². The highest BCUT2D eigenvalue weighted by Crippen LogP contribution is 2.12. The largest absolute Gasteiger partial charge is 0.544 e. The number of hydrogen-bond donors (Lipinski definition) is 0. The lowest BCUT2D eigenvalue weighted by Crippen LogP contribution is -2.55. The van der Waals surface area contributed by atoms with Gasteiger partial charge in [0.2, 0.25) is 0 Å². The Kier molecular flexibility index (Phi) is 37.9. The first kappa shape index (κ1) is 54.5. The number of hydrogen-bond acceptors (Lipinski definition) is 7. The van der Waals surface area contributed by atoms with Crippen LogP contribution in [0.1, 0.15) is 162 Å². The highest BCUT2D eigenvalue weighted by Gasteiger charge is 2.25. The van der Waals surface area contributed by atoms with Gasteiger partial charge in [-0.1, -0.05) is 150 Å². The van der Waals surface area contributed by atoms with Crippen molar-refractivity contribution in [3.8, 4) is 0 Å². The van der Waals surface area contributed by atoms with Crippen LogP contribution >= 0.6 is 0 Å². The second kappa shape index (κ2) is 40.3. The molecule has 0 N–H and O–H groups in total. The molecule has 2 atom stereocenters. The van der Waals surface area contributed by atoms with Gasteiger partial charge < -0.3 is 28.6 Å². The summed E-state index contributed by atoms with van der Waals surface area (Å²) in [5, 5.41) is 11.6. The summed E-state index contributed by atoms with van der Waals surface area (Å²) in [7, 11) is 5.37. The number of carbonyl (C=O) groups excluding carboxylic acids is 3. The van der Waals surface area contributed by atoms with Gasteiger partial charge in [0.1, 0.15) is 12.6 Å². The topological polar surface area (TPSA) is 102 Å². The van der Waals surface area contributed by atoms with Gasteiger partial charge >= 0.3 is 11.9 Å². The number of nitrogens with zero attached hydrogens (tertiary/aromatic N) is 1. The summed E-state index contributed by atoms with van der Waals surface area (Å²) in [6.45, 7) is 4.44. The zero-order valence-electron chi connectivity index (χ0n) is 37.4. The van der Waals surface area contributed by atoms with Crippen LogP contribution in [0.2, 0.25) is 0 Å². The van der Waals surface area contributed by atoms with Gasteiger partial charge in [-0.3, -0.25) is 9.59 Å². The number of allylic oxidation sites excluding steroid dienone is 14. The van der Waals surface area contributed by atoms with Crippen LogP contribution in [0.15, 0.2) is 85.1 Å². The molecule has 0 aromatic heterocycles. The monoisotopic (exact) mass is 810 g/mol. The number of carboxylic acids is 1. The summed E-state index contributed by atoms with van der Waals surface area (Å²) >= 11 is 0. The maximum Gasteiger partial charge on any atom is 0.306 e. The van der Waals surface area contributed by atoms with Crippen molar-refractivity contribution in [2.24, 2.45) is 0 Å². The van der Waals surface area contributed by atoms with E-state index in [2.05, 4.69) is 86.8 Å². The number of ether oxygens (including phenoxy) is 3. The Bertz CT molecular complexity index is 1220. The molecule has 0 rings (SSSR count). The number of aliphatic carboxylic acids is 1. The molecule has 330 valence electrons. The zero-order chi connectivity index (χ0) is 42.8. The molecule has 8 nitrogen and oxygen atoms in total. The normalized spacial score (nSPS) is 13.7. The first-order valence-electron chi connectivity index (χ1n) is 22.6. The Hall–Kier alpha value is -3.49. The van der Waals surface area contributed by atoms with Crippen molar-refractivity contribution >= 4 is 17.9 Å². The van der Waals surface area contributed by atoms with Crippen molar-refractivity contribution in [2.45, 2.75) is 174 Å². The van der Waals surface area contributed by atoms with E-state index in [0.717, 1.165) is 70.6 Å². The summed E-state index contributed by atoms with van der Waals surface area (Å²) in [5.41, 5.74) is 0. The molecule has 0 aromatic carbocycles. The predicted octanol–water partition coefficient (Wildman–Crippen LogP) is 11.2. The molecule has 0 aromatic rings. The Morgan fingerprint density at radius 2 is 1.00 bits per heavy atom. The number of carboxylic acid groups (broad SMARTS) is 1. The first-order valence-corrected chi connectivity index (χ1v) is 22.6. The standard InChI is InChI=1S/C50H83NO7/c1-6-8-10-12-14-16-18-20-22-23-24-25-27-29-31-33-35-37-39-41-49(53)58-46(44-56-43-42-47(50(54)55)51(3,4)5)45-57-48(52)40-38-36-34-32-30-28-26-21-19-17-15-13-11-9-7-2/h8,10,14,16,20-22,24-26,29,31,35,37,46-47H,6-7,9,11-13,15,17-19,23,27-28,30,32-34,36,38-45H2,1-5H3/b10-8-,16-14-,22-20-,25-24-,26-21-,31-29-,37-35-. The van der Waals surface area contributed by atoms with Gasteiger partial charge in [-0.05, 0) is 77.0 Å². The maximum atomic E-state index is 12.7. The molecule has 8 heteroatoms. The van der Waals surface area contributed by atoms with Crippen LogP contribution in [-0.4, -0.2) is 75.5 Å². The lowest BCUT2D eigenvalue weighted by Gasteiger charge is -2.34. The molecule has 2 unspecified atom stereocenters. The molecule has 0 spiro atoms. The molecule has 0 radical (unpaired) electrons. The zero-order valence-corrected chi connectivity index (χ0v) is 37.4. The van der Waals surface area contributed by atoms with Gasteiger partial charge in [-0.25, -0.2) is 0 Å². The van der Waals surface area contributed by atoms with Crippen LogP contribution in [0.4, 0.5) is 0 Å². The Morgan fingerprint density at radius 1 is 0.534 bits per heavy atom. The van der Waals surface area contributed by atoms with Gasteiger partial charge in [0.05, 0.1) is 40.3 Å². The van der Waals surface area contributed by atoms with Gasteiger partial charge in [-0.15, -0.1) is 0 Å². The number of unbranched alkanes of at least 4 members (excludes halogenated alkanes) is 11. The van der Waals surface area contributed by atoms with Crippen molar-refractivity contribution in [1.29, 1.82) is 0 Å². The summed E-state index contributed by atoms with van der Waals surface area (Å²) < 4.78 is 17.1. The highest BCUT2D eigenvalue weighted by atomic mass is 16.6. The molecule has 0 heterocycles. The van der Waals surface area contributed by atoms with Gasteiger partial charge in [-0.2, -0.15) is 0 Å². The lowest BCUT2D eigenvalue weighted by atomic mass is 10.1. The van der Waals surface area contributed by atoms with E-state index in [4.69, 9.17) is 14.2 Å².